The van der Waals surface area contributed by atoms with Gasteiger partial charge in [0.25, 0.3) is 0 Å². The first-order valence-electron chi connectivity index (χ1n) is 14.4. The molecule has 0 bridgehead atoms. The highest BCUT2D eigenvalue weighted by Gasteiger charge is 2.47. The highest BCUT2D eigenvalue weighted by atomic mass is 19.4. The Morgan fingerprint density at radius 3 is 2.32 bits per heavy atom. The number of fused-ring (bicyclic) bond motifs is 1. The topological polar surface area (TPSA) is 81.8 Å². The van der Waals surface area contributed by atoms with Crippen molar-refractivity contribution >= 4 is 23.4 Å². The van der Waals surface area contributed by atoms with Gasteiger partial charge in [0, 0.05) is 37.2 Å². The lowest BCUT2D eigenvalue weighted by atomic mass is 9.86. The van der Waals surface area contributed by atoms with E-state index in [0.29, 0.717) is 51.9 Å². The van der Waals surface area contributed by atoms with Crippen LogP contribution < -0.4 is 15.5 Å². The SMILES string of the molecule is CC1(C)C(=O)N(C2CCN(C(=O)C(Cc3ccccc3C(F)(F)F)NC(=O)C3CCNCC3)CC2)c2ccccc21. The Hall–Kier alpha value is -3.40. The molecule has 10 heteroatoms. The third kappa shape index (κ3) is 5.84. The number of nitrogens with zero attached hydrogens (tertiary/aromatic N) is 2. The Morgan fingerprint density at radius 2 is 1.63 bits per heavy atom. The van der Waals surface area contributed by atoms with Crippen LogP contribution in [0.4, 0.5) is 18.9 Å². The zero-order chi connectivity index (χ0) is 29.4. The van der Waals surface area contributed by atoms with E-state index in [9.17, 15) is 27.6 Å². The molecular weight excluding hydrogens is 533 g/mol. The molecule has 1 unspecified atom stereocenters. The summed E-state index contributed by atoms with van der Waals surface area (Å²) in [7, 11) is 0. The molecule has 7 nitrogen and oxygen atoms in total. The second-order valence-electron chi connectivity index (χ2n) is 11.8. The molecule has 2 N–H and O–H groups in total. The molecular formula is C31H37F3N4O3. The van der Waals surface area contributed by atoms with E-state index in [2.05, 4.69) is 10.6 Å². The number of rotatable bonds is 6. The third-order valence-corrected chi connectivity index (χ3v) is 8.80. The fraction of sp³-hybridized carbons (Fsp3) is 0.516. The van der Waals surface area contributed by atoms with E-state index in [1.165, 1.54) is 18.2 Å². The molecule has 220 valence electrons. The maximum absolute atomic E-state index is 13.8. The maximum atomic E-state index is 13.8. The number of hydrogen-bond acceptors (Lipinski definition) is 4. The van der Waals surface area contributed by atoms with Gasteiger partial charge in [0.15, 0.2) is 0 Å². The molecule has 0 spiro atoms. The molecule has 41 heavy (non-hydrogen) atoms. The summed E-state index contributed by atoms with van der Waals surface area (Å²) in [5.74, 6) is -0.957. The number of carbonyl (C=O) groups excluding carboxylic acids is 3. The van der Waals surface area contributed by atoms with E-state index in [1.807, 2.05) is 43.0 Å². The molecule has 2 saturated heterocycles. The van der Waals surface area contributed by atoms with E-state index >= 15 is 0 Å². The van der Waals surface area contributed by atoms with Gasteiger partial charge in [-0.25, -0.2) is 0 Å². The summed E-state index contributed by atoms with van der Waals surface area (Å²) in [6.07, 6.45) is -2.53. The molecule has 2 aromatic carbocycles. The molecule has 3 heterocycles. The van der Waals surface area contributed by atoms with Gasteiger partial charge >= 0.3 is 6.18 Å². The van der Waals surface area contributed by atoms with E-state index in [4.69, 9.17) is 0 Å². The van der Waals surface area contributed by atoms with Crippen LogP contribution in [0.5, 0.6) is 0 Å². The highest BCUT2D eigenvalue weighted by Crippen LogP contribution is 2.43. The number of benzene rings is 2. The van der Waals surface area contributed by atoms with E-state index in [1.54, 1.807) is 4.90 Å². The fourth-order valence-corrected chi connectivity index (χ4v) is 6.43. The summed E-state index contributed by atoms with van der Waals surface area (Å²) in [4.78, 5) is 43.8. The maximum Gasteiger partial charge on any atom is 0.416 e. The van der Waals surface area contributed by atoms with E-state index in [-0.39, 0.29) is 35.8 Å². The second-order valence-corrected chi connectivity index (χ2v) is 11.8. The van der Waals surface area contributed by atoms with Gasteiger partial charge < -0.3 is 20.4 Å². The molecule has 5 rings (SSSR count). The minimum Gasteiger partial charge on any atom is -0.344 e. The number of nitrogens with one attached hydrogen (secondary N) is 2. The number of halogens is 3. The molecule has 1 atom stereocenters. The molecule has 0 saturated carbocycles. The minimum atomic E-state index is -4.58. The van der Waals surface area contributed by atoms with Crippen molar-refractivity contribution in [2.75, 3.05) is 31.1 Å². The van der Waals surface area contributed by atoms with Gasteiger partial charge in [-0.15, -0.1) is 0 Å². The Bertz CT molecular complexity index is 1300. The normalized spacial score (nSPS) is 20.6. The predicted octanol–water partition coefficient (Wildman–Crippen LogP) is 4.05. The van der Waals surface area contributed by atoms with Crippen LogP contribution in [0.1, 0.15) is 56.2 Å². The third-order valence-electron chi connectivity index (χ3n) is 8.80. The van der Waals surface area contributed by atoms with Gasteiger partial charge in [0.1, 0.15) is 6.04 Å². The van der Waals surface area contributed by atoms with Crippen molar-refractivity contribution in [1.82, 2.24) is 15.5 Å². The molecule has 0 aromatic heterocycles. The lowest BCUT2D eigenvalue weighted by Gasteiger charge is -2.39. The number of para-hydroxylation sites is 1. The Balaban J connectivity index is 1.33. The van der Waals surface area contributed by atoms with E-state index in [0.717, 1.165) is 17.3 Å². The molecule has 0 aliphatic carbocycles. The number of likely N-dealkylation sites (tertiary alicyclic amines) is 1. The first kappa shape index (κ1) is 29.1. The van der Waals surface area contributed by atoms with Crippen LogP contribution in [-0.2, 0) is 32.4 Å². The molecule has 3 amide bonds. The summed E-state index contributed by atoms with van der Waals surface area (Å²) in [5, 5.41) is 6.01. The zero-order valence-electron chi connectivity index (χ0n) is 23.5. The fourth-order valence-electron chi connectivity index (χ4n) is 6.43. The van der Waals surface area contributed by atoms with Gasteiger partial charge in [-0.3, -0.25) is 14.4 Å². The van der Waals surface area contributed by atoms with Crippen LogP contribution in [0.3, 0.4) is 0 Å². The summed E-state index contributed by atoms with van der Waals surface area (Å²) in [5.41, 5.74) is 0.400. The van der Waals surface area contributed by atoms with Crippen LogP contribution in [-0.4, -0.2) is 60.9 Å². The van der Waals surface area contributed by atoms with Crippen LogP contribution in [0.25, 0.3) is 0 Å². The average molecular weight is 571 g/mol. The lowest BCUT2D eigenvalue weighted by molar-refractivity contribution is -0.140. The van der Waals surface area contributed by atoms with Gasteiger partial charge in [-0.2, -0.15) is 13.2 Å². The monoisotopic (exact) mass is 570 g/mol. The predicted molar refractivity (Wildman–Crippen MR) is 149 cm³/mol. The number of alkyl halides is 3. The Morgan fingerprint density at radius 1 is 1.00 bits per heavy atom. The van der Waals surface area contributed by atoms with Crippen molar-refractivity contribution in [2.45, 2.75) is 69.6 Å². The molecule has 3 aliphatic rings. The van der Waals surface area contributed by atoms with Crippen LogP contribution in [0, 0.1) is 5.92 Å². The van der Waals surface area contributed by atoms with Crippen molar-refractivity contribution in [2.24, 2.45) is 5.92 Å². The standard InChI is InChI=1S/C31H37F3N4O3/c1-30(2)24-9-5-6-10-26(24)38(29(30)41)22-13-17-37(18-14-22)28(40)25(36-27(39)20-11-15-35-16-12-20)19-21-7-3-4-8-23(21)31(32,33)34/h3-10,20,22,25,35H,11-19H2,1-2H3,(H,36,39). The molecule has 0 radical (unpaired) electrons. The minimum absolute atomic E-state index is 0.0272. The largest absolute Gasteiger partial charge is 0.416 e. The van der Waals surface area contributed by atoms with Gasteiger partial charge in [0.05, 0.1) is 11.0 Å². The second kappa shape index (κ2) is 11.5. The smallest absolute Gasteiger partial charge is 0.344 e. The van der Waals surface area contributed by atoms with Crippen molar-refractivity contribution in [3.8, 4) is 0 Å². The summed E-state index contributed by atoms with van der Waals surface area (Å²) < 4.78 is 41.3. The van der Waals surface area contributed by atoms with Crippen molar-refractivity contribution in [3.05, 3.63) is 65.2 Å². The van der Waals surface area contributed by atoms with Crippen molar-refractivity contribution in [1.29, 1.82) is 0 Å². The summed E-state index contributed by atoms with van der Waals surface area (Å²) in [6, 6.07) is 11.7. The van der Waals surface area contributed by atoms with Crippen LogP contribution >= 0.6 is 0 Å². The average Bonchev–Trinajstić information content (AvgIpc) is 3.17. The first-order valence-corrected chi connectivity index (χ1v) is 14.4. The quantitative estimate of drug-likeness (QED) is 0.549. The Labute approximate surface area is 238 Å². The number of carbonyl (C=O) groups is 3. The van der Waals surface area contributed by atoms with Crippen LogP contribution in [0.15, 0.2) is 48.5 Å². The van der Waals surface area contributed by atoms with Gasteiger partial charge in [0.2, 0.25) is 17.7 Å². The van der Waals surface area contributed by atoms with Gasteiger partial charge in [-0.05, 0) is 75.9 Å². The lowest BCUT2D eigenvalue weighted by Crippen LogP contribution is -2.55. The number of amides is 3. The summed E-state index contributed by atoms with van der Waals surface area (Å²) in [6.45, 7) is 5.88. The number of anilines is 1. The molecule has 2 aromatic rings. The van der Waals surface area contributed by atoms with Gasteiger partial charge in [-0.1, -0.05) is 36.4 Å². The first-order chi connectivity index (χ1) is 19.5. The zero-order valence-corrected chi connectivity index (χ0v) is 23.5. The summed E-state index contributed by atoms with van der Waals surface area (Å²) >= 11 is 0. The Kier molecular flexibility index (Phi) is 8.14. The van der Waals surface area contributed by atoms with Crippen molar-refractivity contribution < 1.29 is 27.6 Å². The number of piperidine rings is 2. The molecule has 2 fully saturated rings. The van der Waals surface area contributed by atoms with Crippen LogP contribution in [0.2, 0.25) is 0 Å². The highest BCUT2D eigenvalue weighted by molar-refractivity contribution is 6.08. The van der Waals surface area contributed by atoms with Crippen molar-refractivity contribution in [3.63, 3.8) is 0 Å². The van der Waals surface area contributed by atoms with E-state index < -0.39 is 29.1 Å². The molecule has 3 aliphatic heterocycles. The number of hydrogen-bond donors (Lipinski definition) is 2.